The summed E-state index contributed by atoms with van der Waals surface area (Å²) in [7, 11) is 3.07. The van der Waals surface area contributed by atoms with Gasteiger partial charge in [0, 0.05) is 49.9 Å². The highest BCUT2D eigenvalue weighted by Crippen LogP contribution is 2.47. The van der Waals surface area contributed by atoms with Crippen molar-refractivity contribution in [3.8, 4) is 28.7 Å². The van der Waals surface area contributed by atoms with Gasteiger partial charge in [0.1, 0.15) is 23.1 Å². The lowest BCUT2D eigenvalue weighted by Gasteiger charge is -2.33. The van der Waals surface area contributed by atoms with Crippen molar-refractivity contribution in [2.45, 2.75) is 13.5 Å². The SMILES string of the molecule is CCN1CCN(Cc2cnc3c(C#N)ccc(-c4c(Cl)c(OC)cc(OC)c4Cl)c3n2)CC1. The van der Waals surface area contributed by atoms with E-state index < -0.39 is 0 Å². The van der Waals surface area contributed by atoms with Crippen LogP contribution in [0.2, 0.25) is 10.0 Å². The predicted octanol–water partition coefficient (Wildman–Crippen LogP) is 4.63. The molecule has 2 aromatic carbocycles. The van der Waals surface area contributed by atoms with Crippen molar-refractivity contribution >= 4 is 34.2 Å². The molecule has 4 rings (SSSR count). The van der Waals surface area contributed by atoms with E-state index >= 15 is 0 Å². The lowest BCUT2D eigenvalue weighted by molar-refractivity contribution is 0.131. The van der Waals surface area contributed by atoms with Gasteiger partial charge < -0.3 is 14.4 Å². The first-order valence-electron chi connectivity index (χ1n) is 10.7. The number of ether oxygens (including phenoxy) is 2. The number of hydrogen-bond donors (Lipinski definition) is 0. The van der Waals surface area contributed by atoms with Gasteiger partial charge in [0.05, 0.1) is 47.2 Å². The van der Waals surface area contributed by atoms with Gasteiger partial charge in [0.15, 0.2) is 0 Å². The third kappa shape index (κ3) is 4.57. The van der Waals surface area contributed by atoms with E-state index in [-0.39, 0.29) is 0 Å². The first-order chi connectivity index (χ1) is 16.0. The summed E-state index contributed by atoms with van der Waals surface area (Å²) in [5.74, 6) is 0.867. The number of halogens is 2. The normalized spacial score (nSPS) is 14.9. The first-order valence-corrected chi connectivity index (χ1v) is 11.5. The standard InChI is InChI=1S/C24H25Cl2N5O2/c1-4-30-7-9-31(10-8-30)14-16-13-28-23-15(12-27)5-6-17(24(23)29-16)20-21(25)18(32-2)11-19(33-3)22(20)26/h5-6,11,13H,4,7-10,14H2,1-3H3. The average molecular weight is 486 g/mol. The predicted molar refractivity (Wildman–Crippen MR) is 130 cm³/mol. The fourth-order valence-electron chi connectivity index (χ4n) is 4.12. The molecule has 1 aromatic heterocycles. The molecule has 0 unspecified atom stereocenters. The van der Waals surface area contributed by atoms with Crippen LogP contribution in [0.5, 0.6) is 11.5 Å². The highest BCUT2D eigenvalue weighted by Gasteiger charge is 2.23. The van der Waals surface area contributed by atoms with Crippen LogP contribution in [0.1, 0.15) is 18.2 Å². The van der Waals surface area contributed by atoms with Crippen molar-refractivity contribution in [1.82, 2.24) is 19.8 Å². The number of rotatable bonds is 6. The summed E-state index contributed by atoms with van der Waals surface area (Å²) in [5, 5.41) is 10.3. The minimum atomic E-state index is 0.345. The second kappa shape index (κ2) is 10.1. The maximum atomic E-state index is 9.63. The minimum Gasteiger partial charge on any atom is -0.495 e. The van der Waals surface area contributed by atoms with Crippen LogP contribution in [-0.2, 0) is 6.54 Å². The minimum absolute atomic E-state index is 0.345. The summed E-state index contributed by atoms with van der Waals surface area (Å²) in [6.45, 7) is 7.96. The maximum absolute atomic E-state index is 9.63. The third-order valence-electron chi connectivity index (χ3n) is 6.01. The molecule has 2 heterocycles. The summed E-state index contributed by atoms with van der Waals surface area (Å²) in [4.78, 5) is 14.3. The molecule has 3 aromatic rings. The van der Waals surface area contributed by atoms with Crippen molar-refractivity contribution in [3.63, 3.8) is 0 Å². The molecule has 172 valence electrons. The van der Waals surface area contributed by atoms with Gasteiger partial charge in [-0.25, -0.2) is 4.98 Å². The van der Waals surface area contributed by atoms with Gasteiger partial charge in [-0.2, -0.15) is 5.26 Å². The molecule has 0 bridgehead atoms. The van der Waals surface area contributed by atoms with Crippen LogP contribution >= 0.6 is 23.2 Å². The Kier molecular flexibility index (Phi) is 7.20. The molecule has 0 radical (unpaired) electrons. The average Bonchev–Trinajstić information content (AvgIpc) is 2.84. The quantitative estimate of drug-likeness (QED) is 0.503. The Bertz CT molecular complexity index is 1190. The molecule has 7 nitrogen and oxygen atoms in total. The Morgan fingerprint density at radius 3 is 2.21 bits per heavy atom. The van der Waals surface area contributed by atoms with Crippen LogP contribution < -0.4 is 9.47 Å². The molecule has 1 aliphatic rings. The number of likely N-dealkylation sites (N-methyl/N-ethyl adjacent to an activating group) is 1. The Morgan fingerprint density at radius 1 is 1.00 bits per heavy atom. The second-order valence-electron chi connectivity index (χ2n) is 7.83. The fraction of sp³-hybridized carbons (Fsp3) is 0.375. The molecule has 0 spiro atoms. The molecule has 0 saturated carbocycles. The lowest BCUT2D eigenvalue weighted by atomic mass is 10.00. The first kappa shape index (κ1) is 23.5. The van der Waals surface area contributed by atoms with E-state index in [9.17, 15) is 5.26 Å². The molecular formula is C24H25Cl2N5O2. The van der Waals surface area contributed by atoms with E-state index in [2.05, 4.69) is 27.8 Å². The highest BCUT2D eigenvalue weighted by atomic mass is 35.5. The molecule has 9 heteroatoms. The molecule has 0 N–H and O–H groups in total. The van der Waals surface area contributed by atoms with Crippen LogP contribution in [0.4, 0.5) is 0 Å². The van der Waals surface area contributed by atoms with Gasteiger partial charge in [-0.3, -0.25) is 9.88 Å². The highest BCUT2D eigenvalue weighted by molar-refractivity contribution is 6.41. The molecule has 33 heavy (non-hydrogen) atoms. The van der Waals surface area contributed by atoms with Crippen LogP contribution in [0.3, 0.4) is 0 Å². The summed E-state index contributed by atoms with van der Waals surface area (Å²) < 4.78 is 10.9. The second-order valence-corrected chi connectivity index (χ2v) is 8.58. The number of nitrogens with zero attached hydrogens (tertiary/aromatic N) is 5. The monoisotopic (exact) mass is 485 g/mol. The summed E-state index contributed by atoms with van der Waals surface area (Å²) in [6.07, 6.45) is 1.74. The molecular weight excluding hydrogens is 461 g/mol. The zero-order chi connectivity index (χ0) is 23.5. The molecule has 1 saturated heterocycles. The number of benzene rings is 2. The van der Waals surface area contributed by atoms with Crippen molar-refractivity contribution in [1.29, 1.82) is 5.26 Å². The van der Waals surface area contributed by atoms with E-state index in [1.807, 2.05) is 0 Å². The van der Waals surface area contributed by atoms with Crippen molar-refractivity contribution < 1.29 is 9.47 Å². The fourth-order valence-corrected chi connectivity index (χ4v) is 4.82. The van der Waals surface area contributed by atoms with Gasteiger partial charge in [-0.1, -0.05) is 36.2 Å². The van der Waals surface area contributed by atoms with Gasteiger partial charge in [0.25, 0.3) is 0 Å². The van der Waals surface area contributed by atoms with Crippen LogP contribution in [0.25, 0.3) is 22.2 Å². The van der Waals surface area contributed by atoms with E-state index in [1.165, 1.54) is 14.2 Å². The van der Waals surface area contributed by atoms with E-state index in [0.29, 0.717) is 55.8 Å². The van der Waals surface area contributed by atoms with Crippen LogP contribution in [0, 0.1) is 11.3 Å². The molecule has 0 amide bonds. The molecule has 0 aliphatic carbocycles. The largest absolute Gasteiger partial charge is 0.495 e. The zero-order valence-electron chi connectivity index (χ0n) is 18.9. The molecule has 0 atom stereocenters. The lowest BCUT2D eigenvalue weighted by Crippen LogP contribution is -2.45. The number of methoxy groups -OCH3 is 2. The van der Waals surface area contributed by atoms with Crippen LogP contribution in [-0.4, -0.2) is 66.7 Å². The van der Waals surface area contributed by atoms with Crippen LogP contribution in [0.15, 0.2) is 24.4 Å². The summed E-state index contributed by atoms with van der Waals surface area (Å²) in [5.41, 5.74) is 3.53. The Hall–Kier alpha value is -2.63. The van der Waals surface area contributed by atoms with E-state index in [4.69, 9.17) is 37.7 Å². The van der Waals surface area contributed by atoms with Gasteiger partial charge in [-0.15, -0.1) is 0 Å². The van der Waals surface area contributed by atoms with E-state index in [0.717, 1.165) is 38.4 Å². The molecule has 1 fully saturated rings. The number of aromatic nitrogens is 2. The van der Waals surface area contributed by atoms with Gasteiger partial charge >= 0.3 is 0 Å². The smallest absolute Gasteiger partial charge is 0.141 e. The van der Waals surface area contributed by atoms with Gasteiger partial charge in [-0.05, 0) is 12.6 Å². The maximum Gasteiger partial charge on any atom is 0.141 e. The third-order valence-corrected chi connectivity index (χ3v) is 6.76. The summed E-state index contributed by atoms with van der Waals surface area (Å²) in [6, 6.07) is 7.35. The Labute approximate surface area is 203 Å². The zero-order valence-corrected chi connectivity index (χ0v) is 20.4. The topological polar surface area (TPSA) is 74.5 Å². The number of nitriles is 1. The van der Waals surface area contributed by atoms with Gasteiger partial charge in [0.2, 0.25) is 0 Å². The van der Waals surface area contributed by atoms with Crippen molar-refractivity contribution in [2.75, 3.05) is 46.9 Å². The Balaban J connectivity index is 1.83. The molecule has 1 aliphatic heterocycles. The number of hydrogen-bond acceptors (Lipinski definition) is 7. The van der Waals surface area contributed by atoms with Crippen molar-refractivity contribution in [2.24, 2.45) is 0 Å². The Morgan fingerprint density at radius 2 is 1.64 bits per heavy atom. The summed E-state index contributed by atoms with van der Waals surface area (Å²) >= 11 is 13.4. The van der Waals surface area contributed by atoms with E-state index in [1.54, 1.807) is 24.4 Å². The number of fused-ring (bicyclic) bond motifs is 1. The van der Waals surface area contributed by atoms with Crippen molar-refractivity contribution in [3.05, 3.63) is 45.7 Å². The number of piperazine rings is 1.